The number of aryl methyl sites for hydroxylation is 1. The molecule has 1 fully saturated rings. The van der Waals surface area contributed by atoms with Gasteiger partial charge in [-0.2, -0.15) is 0 Å². The number of urea groups is 1. The van der Waals surface area contributed by atoms with Gasteiger partial charge >= 0.3 is 6.03 Å². The predicted molar refractivity (Wildman–Crippen MR) is 162 cm³/mol. The molecule has 9 heteroatoms. The zero-order valence-corrected chi connectivity index (χ0v) is 24.5. The van der Waals surface area contributed by atoms with Gasteiger partial charge in [-0.05, 0) is 78.2 Å². The minimum absolute atomic E-state index is 0.194. The molecule has 1 aliphatic rings. The number of imide groups is 2. The number of hydrogen-bond donors (Lipinski definition) is 1. The minimum Gasteiger partial charge on any atom is -0.493 e. The van der Waals surface area contributed by atoms with E-state index >= 15 is 0 Å². The number of carbonyl (C=O) groups is 3. The number of carbonyl (C=O) groups excluding carboxylic acids is 3. The van der Waals surface area contributed by atoms with E-state index < -0.39 is 17.8 Å². The summed E-state index contributed by atoms with van der Waals surface area (Å²) in [6, 6.07) is 26.5. The Kier molecular flexibility index (Phi) is 8.68. The molecule has 5 rings (SSSR count). The molecule has 1 saturated heterocycles. The second-order valence-electron chi connectivity index (χ2n) is 9.55. The highest BCUT2D eigenvalue weighted by Gasteiger charge is 2.36. The highest BCUT2D eigenvalue weighted by atomic mass is 79.9. The van der Waals surface area contributed by atoms with Crippen molar-refractivity contribution in [1.29, 1.82) is 0 Å². The zero-order chi connectivity index (χ0) is 29.6. The summed E-state index contributed by atoms with van der Waals surface area (Å²) in [5.41, 5.74) is 3.77. The molecule has 0 aromatic heterocycles. The molecule has 0 atom stereocenters. The van der Waals surface area contributed by atoms with Crippen LogP contribution in [0.2, 0.25) is 0 Å². The Morgan fingerprint density at radius 2 is 1.55 bits per heavy atom. The number of rotatable bonds is 9. The van der Waals surface area contributed by atoms with E-state index in [4.69, 9.17) is 14.2 Å². The molecule has 1 aliphatic heterocycles. The number of barbiturate groups is 1. The van der Waals surface area contributed by atoms with Gasteiger partial charge in [0.2, 0.25) is 0 Å². The van der Waals surface area contributed by atoms with Gasteiger partial charge in [0.15, 0.2) is 11.5 Å². The quantitative estimate of drug-likeness (QED) is 0.166. The molecule has 0 spiro atoms. The minimum atomic E-state index is -0.830. The lowest BCUT2D eigenvalue weighted by Crippen LogP contribution is -2.54. The average molecular weight is 627 g/mol. The number of amides is 4. The molecule has 0 saturated carbocycles. The Balaban J connectivity index is 1.31. The van der Waals surface area contributed by atoms with Crippen LogP contribution in [0.25, 0.3) is 6.08 Å². The largest absolute Gasteiger partial charge is 0.493 e. The van der Waals surface area contributed by atoms with Crippen LogP contribution in [0.15, 0.2) is 101 Å². The Hall–Kier alpha value is -4.89. The van der Waals surface area contributed by atoms with Crippen LogP contribution < -0.4 is 24.4 Å². The van der Waals surface area contributed by atoms with Crippen LogP contribution in [0, 0.1) is 6.92 Å². The molecule has 4 amide bonds. The fourth-order valence-corrected chi connectivity index (χ4v) is 4.62. The van der Waals surface area contributed by atoms with E-state index in [1.54, 1.807) is 42.5 Å². The number of hydrogen-bond acceptors (Lipinski definition) is 6. The molecule has 0 unspecified atom stereocenters. The van der Waals surface area contributed by atoms with Crippen molar-refractivity contribution in [3.05, 3.63) is 123 Å². The number of halogens is 1. The zero-order valence-electron chi connectivity index (χ0n) is 22.9. The molecule has 0 aliphatic carbocycles. The van der Waals surface area contributed by atoms with Gasteiger partial charge in [0.05, 0.1) is 12.8 Å². The molecule has 0 bridgehead atoms. The van der Waals surface area contributed by atoms with Crippen molar-refractivity contribution in [2.75, 3.05) is 12.0 Å². The lowest BCUT2D eigenvalue weighted by molar-refractivity contribution is -0.122. The number of nitrogens with one attached hydrogen (secondary N) is 1. The second kappa shape index (κ2) is 12.7. The van der Waals surface area contributed by atoms with Crippen LogP contribution in [0.4, 0.5) is 10.5 Å². The maximum atomic E-state index is 13.4. The highest BCUT2D eigenvalue weighted by molar-refractivity contribution is 9.10. The van der Waals surface area contributed by atoms with E-state index in [2.05, 4.69) is 21.2 Å². The molecular weight excluding hydrogens is 600 g/mol. The van der Waals surface area contributed by atoms with Crippen LogP contribution in [0.5, 0.6) is 17.2 Å². The lowest BCUT2D eigenvalue weighted by Gasteiger charge is -2.26. The first-order valence-corrected chi connectivity index (χ1v) is 13.8. The third-order valence-corrected chi connectivity index (χ3v) is 7.02. The molecule has 4 aromatic carbocycles. The number of nitrogens with zero attached hydrogens (tertiary/aromatic N) is 1. The Labute approximate surface area is 251 Å². The first kappa shape index (κ1) is 28.6. The van der Waals surface area contributed by atoms with Gasteiger partial charge in [-0.15, -0.1) is 0 Å². The van der Waals surface area contributed by atoms with Gasteiger partial charge in [0, 0.05) is 4.47 Å². The van der Waals surface area contributed by atoms with Crippen LogP contribution in [0.1, 0.15) is 22.3 Å². The van der Waals surface area contributed by atoms with E-state index in [1.165, 1.54) is 13.2 Å². The van der Waals surface area contributed by atoms with E-state index in [9.17, 15) is 14.4 Å². The summed E-state index contributed by atoms with van der Waals surface area (Å²) in [4.78, 5) is 39.6. The Bertz CT molecular complexity index is 1670. The summed E-state index contributed by atoms with van der Waals surface area (Å²) in [5.74, 6) is -0.0113. The van der Waals surface area contributed by atoms with Crippen LogP contribution in [-0.4, -0.2) is 25.0 Å². The smallest absolute Gasteiger partial charge is 0.335 e. The number of anilines is 1. The Morgan fingerprint density at radius 1 is 0.810 bits per heavy atom. The Morgan fingerprint density at radius 3 is 2.26 bits per heavy atom. The topological polar surface area (TPSA) is 94.2 Å². The van der Waals surface area contributed by atoms with Gasteiger partial charge in [-0.1, -0.05) is 64.0 Å². The van der Waals surface area contributed by atoms with Crippen molar-refractivity contribution in [3.63, 3.8) is 0 Å². The van der Waals surface area contributed by atoms with Crippen LogP contribution >= 0.6 is 15.9 Å². The fourth-order valence-electron chi connectivity index (χ4n) is 4.35. The molecular formula is C33H27BrN2O6. The van der Waals surface area contributed by atoms with E-state index in [1.807, 2.05) is 55.5 Å². The van der Waals surface area contributed by atoms with Crippen molar-refractivity contribution in [1.82, 2.24) is 5.32 Å². The SMILES string of the molecule is COc1cc(/C=C2\C(=O)NC(=O)N(c3ccc(OCc4ccc(Br)cc4)cc3)C2=O)ccc1OCc1cccc(C)c1. The molecule has 42 heavy (non-hydrogen) atoms. The molecule has 4 aromatic rings. The van der Waals surface area contributed by atoms with Crippen molar-refractivity contribution in [2.24, 2.45) is 0 Å². The molecule has 1 N–H and O–H groups in total. The molecule has 8 nitrogen and oxygen atoms in total. The third kappa shape index (κ3) is 6.70. The highest BCUT2D eigenvalue weighted by Crippen LogP contribution is 2.31. The summed E-state index contributed by atoms with van der Waals surface area (Å²) in [6.07, 6.45) is 1.42. The van der Waals surface area contributed by atoms with Gasteiger partial charge < -0.3 is 14.2 Å². The monoisotopic (exact) mass is 626 g/mol. The van der Waals surface area contributed by atoms with E-state index in [-0.39, 0.29) is 5.57 Å². The molecule has 1 heterocycles. The summed E-state index contributed by atoms with van der Waals surface area (Å²) in [5, 5.41) is 2.25. The van der Waals surface area contributed by atoms with E-state index in [0.717, 1.165) is 26.1 Å². The summed E-state index contributed by atoms with van der Waals surface area (Å²) in [7, 11) is 1.51. The van der Waals surface area contributed by atoms with Crippen molar-refractivity contribution < 1.29 is 28.6 Å². The maximum Gasteiger partial charge on any atom is 0.335 e. The van der Waals surface area contributed by atoms with Gasteiger partial charge in [-0.25, -0.2) is 9.69 Å². The summed E-state index contributed by atoms with van der Waals surface area (Å²) < 4.78 is 18.2. The predicted octanol–water partition coefficient (Wildman–Crippen LogP) is 6.59. The average Bonchev–Trinajstić information content (AvgIpc) is 2.99. The normalized spacial score (nSPS) is 14.1. The number of methoxy groups -OCH3 is 1. The number of benzene rings is 4. The van der Waals surface area contributed by atoms with Crippen molar-refractivity contribution in [2.45, 2.75) is 20.1 Å². The van der Waals surface area contributed by atoms with Crippen LogP contribution in [0.3, 0.4) is 0 Å². The van der Waals surface area contributed by atoms with Crippen molar-refractivity contribution in [3.8, 4) is 17.2 Å². The summed E-state index contributed by atoms with van der Waals surface area (Å²) in [6.45, 7) is 2.72. The van der Waals surface area contributed by atoms with Gasteiger partial charge in [0.1, 0.15) is 24.5 Å². The fraction of sp³-hybridized carbons (Fsp3) is 0.121. The first-order valence-electron chi connectivity index (χ1n) is 13.1. The lowest BCUT2D eigenvalue weighted by atomic mass is 10.1. The van der Waals surface area contributed by atoms with Crippen molar-refractivity contribution >= 4 is 45.5 Å². The van der Waals surface area contributed by atoms with Gasteiger partial charge in [-0.3, -0.25) is 14.9 Å². The number of ether oxygens (including phenoxy) is 3. The molecule has 212 valence electrons. The standard InChI is InChI=1S/C33H27BrN2O6/c1-21-4-3-5-24(16-21)20-42-29-15-8-23(18-30(29)40-2)17-28-31(37)35-33(39)36(32(28)38)26-11-13-27(14-12-26)41-19-22-6-9-25(34)10-7-22/h3-18H,19-20H2,1-2H3,(H,35,37,39)/b28-17+. The van der Waals surface area contributed by atoms with E-state index in [0.29, 0.717) is 41.7 Å². The third-order valence-electron chi connectivity index (χ3n) is 6.49. The van der Waals surface area contributed by atoms with Crippen LogP contribution in [-0.2, 0) is 22.8 Å². The maximum absolute atomic E-state index is 13.4. The first-order chi connectivity index (χ1) is 20.3. The second-order valence-corrected chi connectivity index (χ2v) is 10.5. The molecule has 0 radical (unpaired) electrons. The van der Waals surface area contributed by atoms with Gasteiger partial charge in [0.25, 0.3) is 11.8 Å². The summed E-state index contributed by atoms with van der Waals surface area (Å²) >= 11 is 3.41.